The summed E-state index contributed by atoms with van der Waals surface area (Å²) in [6, 6.07) is 0. The van der Waals surface area contributed by atoms with E-state index in [0.717, 1.165) is 26.2 Å². The van der Waals surface area contributed by atoms with Crippen LogP contribution in [0.4, 0.5) is 0 Å². The van der Waals surface area contributed by atoms with Crippen molar-refractivity contribution in [1.82, 2.24) is 10.2 Å². The molecule has 1 aliphatic rings. The van der Waals surface area contributed by atoms with Crippen LogP contribution in [0.5, 0.6) is 0 Å². The van der Waals surface area contributed by atoms with Crippen molar-refractivity contribution in [2.24, 2.45) is 0 Å². The van der Waals surface area contributed by atoms with Gasteiger partial charge in [-0.2, -0.15) is 0 Å². The minimum atomic E-state index is -0.177. The van der Waals surface area contributed by atoms with Crippen molar-refractivity contribution in [3.8, 4) is 0 Å². The maximum Gasteiger partial charge on any atom is 0.306 e. The molecular weight excluding hydrogens is 196 g/mol. The predicted molar refractivity (Wildman–Crippen MR) is 56.7 cm³/mol. The summed E-state index contributed by atoms with van der Waals surface area (Å²) in [5, 5.41) is 3.19. The highest BCUT2D eigenvalue weighted by atomic mass is 16.5. The largest absolute Gasteiger partial charge is 0.469 e. The molecule has 5 nitrogen and oxygen atoms in total. The van der Waals surface area contributed by atoms with Gasteiger partial charge in [-0.15, -0.1) is 0 Å². The maximum atomic E-state index is 10.8. The van der Waals surface area contributed by atoms with Crippen molar-refractivity contribution < 1.29 is 14.3 Å². The molecule has 0 aromatic heterocycles. The van der Waals surface area contributed by atoms with Crippen molar-refractivity contribution in [3.05, 3.63) is 0 Å². The van der Waals surface area contributed by atoms with Gasteiger partial charge in [-0.05, 0) is 7.05 Å². The summed E-state index contributed by atoms with van der Waals surface area (Å²) in [5.41, 5.74) is 0. The van der Waals surface area contributed by atoms with Crippen LogP contribution in [0, 0.1) is 0 Å². The van der Waals surface area contributed by atoms with Crippen LogP contribution in [0.1, 0.15) is 6.42 Å². The van der Waals surface area contributed by atoms with Crippen LogP contribution in [0.15, 0.2) is 0 Å². The van der Waals surface area contributed by atoms with Crippen molar-refractivity contribution in [2.75, 3.05) is 46.9 Å². The van der Waals surface area contributed by atoms with Crippen LogP contribution in [0.3, 0.4) is 0 Å². The van der Waals surface area contributed by atoms with Crippen molar-refractivity contribution in [3.63, 3.8) is 0 Å². The third-order valence-electron chi connectivity index (χ3n) is 2.45. The average Bonchev–Trinajstić information content (AvgIpc) is 2.24. The third-order valence-corrected chi connectivity index (χ3v) is 2.45. The first kappa shape index (κ1) is 12.4. The monoisotopic (exact) mass is 216 g/mol. The Morgan fingerprint density at radius 3 is 3.13 bits per heavy atom. The van der Waals surface area contributed by atoms with Crippen molar-refractivity contribution in [1.29, 1.82) is 0 Å². The molecule has 1 N–H and O–H groups in total. The fraction of sp³-hybridized carbons (Fsp3) is 0.900. The number of ether oxygens (including phenoxy) is 2. The van der Waals surface area contributed by atoms with E-state index in [1.165, 1.54) is 7.11 Å². The number of methoxy groups -OCH3 is 1. The van der Waals surface area contributed by atoms with Crippen LogP contribution < -0.4 is 5.32 Å². The zero-order valence-electron chi connectivity index (χ0n) is 9.49. The molecule has 1 unspecified atom stereocenters. The number of hydrogen-bond acceptors (Lipinski definition) is 5. The van der Waals surface area contributed by atoms with Crippen LogP contribution in [0.25, 0.3) is 0 Å². The van der Waals surface area contributed by atoms with E-state index in [1.807, 2.05) is 0 Å². The second kappa shape index (κ2) is 6.76. The van der Waals surface area contributed by atoms with Crippen LogP contribution in [-0.4, -0.2) is 63.9 Å². The highest BCUT2D eigenvalue weighted by Crippen LogP contribution is 2.01. The molecule has 1 aliphatic heterocycles. The summed E-state index contributed by atoms with van der Waals surface area (Å²) in [4.78, 5) is 13.1. The smallest absolute Gasteiger partial charge is 0.306 e. The third kappa shape index (κ3) is 5.11. The Morgan fingerprint density at radius 2 is 2.47 bits per heavy atom. The van der Waals surface area contributed by atoms with Crippen molar-refractivity contribution in [2.45, 2.75) is 12.5 Å². The van der Waals surface area contributed by atoms with E-state index in [1.54, 1.807) is 0 Å². The summed E-state index contributed by atoms with van der Waals surface area (Å²) in [6.45, 7) is 4.18. The van der Waals surface area contributed by atoms with Gasteiger partial charge in [-0.1, -0.05) is 0 Å². The van der Waals surface area contributed by atoms with Gasteiger partial charge in [0.2, 0.25) is 0 Å². The predicted octanol–water partition coefficient (Wildman–Crippen LogP) is -0.530. The van der Waals surface area contributed by atoms with Gasteiger partial charge in [0.05, 0.1) is 26.2 Å². The molecule has 0 aliphatic carbocycles. The molecule has 0 saturated carbocycles. The molecule has 1 saturated heterocycles. The molecule has 0 spiro atoms. The SMILES string of the molecule is COC(=O)CCNCC1CN(C)CCO1. The highest BCUT2D eigenvalue weighted by Gasteiger charge is 2.16. The van der Waals surface area contributed by atoms with Gasteiger partial charge >= 0.3 is 5.97 Å². The second-order valence-corrected chi connectivity index (χ2v) is 3.79. The number of nitrogens with zero attached hydrogens (tertiary/aromatic N) is 1. The van der Waals surface area contributed by atoms with E-state index in [4.69, 9.17) is 4.74 Å². The van der Waals surface area contributed by atoms with E-state index in [-0.39, 0.29) is 12.1 Å². The normalized spacial score (nSPS) is 22.7. The Balaban J connectivity index is 2.02. The number of nitrogens with one attached hydrogen (secondary N) is 1. The number of carbonyl (C=O) groups excluding carboxylic acids is 1. The van der Waals surface area contributed by atoms with E-state index < -0.39 is 0 Å². The average molecular weight is 216 g/mol. The zero-order chi connectivity index (χ0) is 11.1. The number of esters is 1. The van der Waals surface area contributed by atoms with E-state index in [0.29, 0.717) is 13.0 Å². The Bertz CT molecular complexity index is 199. The molecule has 0 amide bonds. The van der Waals surface area contributed by atoms with Gasteiger partial charge < -0.3 is 19.7 Å². The molecule has 1 rings (SSSR count). The van der Waals surface area contributed by atoms with Gasteiger partial charge in [-0.3, -0.25) is 4.79 Å². The summed E-state index contributed by atoms with van der Waals surface area (Å²) >= 11 is 0. The first-order valence-electron chi connectivity index (χ1n) is 5.30. The molecule has 5 heteroatoms. The molecule has 0 radical (unpaired) electrons. The molecule has 0 aromatic rings. The summed E-state index contributed by atoms with van der Waals surface area (Å²) in [5.74, 6) is -0.177. The maximum absolute atomic E-state index is 10.8. The van der Waals surface area contributed by atoms with Gasteiger partial charge in [-0.25, -0.2) is 0 Å². The summed E-state index contributed by atoms with van der Waals surface area (Å²) in [7, 11) is 3.49. The first-order chi connectivity index (χ1) is 7.22. The summed E-state index contributed by atoms with van der Waals surface area (Å²) < 4.78 is 10.1. The summed E-state index contributed by atoms with van der Waals surface area (Å²) in [6.07, 6.45) is 0.653. The Morgan fingerprint density at radius 1 is 1.67 bits per heavy atom. The van der Waals surface area contributed by atoms with Gasteiger partial charge in [0, 0.05) is 26.2 Å². The standard InChI is InChI=1S/C10H20N2O3/c1-12-5-6-15-9(8-12)7-11-4-3-10(13)14-2/h9,11H,3-8H2,1-2H3. The molecule has 1 atom stereocenters. The topological polar surface area (TPSA) is 50.8 Å². The Hall–Kier alpha value is -0.650. The van der Waals surface area contributed by atoms with Gasteiger partial charge in [0.15, 0.2) is 0 Å². The van der Waals surface area contributed by atoms with Crippen molar-refractivity contribution >= 4 is 5.97 Å². The molecule has 88 valence electrons. The lowest BCUT2D eigenvalue weighted by atomic mass is 10.3. The number of rotatable bonds is 5. The molecule has 1 heterocycles. The molecule has 0 bridgehead atoms. The number of hydrogen-bond donors (Lipinski definition) is 1. The minimum Gasteiger partial charge on any atom is -0.469 e. The van der Waals surface area contributed by atoms with Gasteiger partial charge in [0.25, 0.3) is 0 Å². The molecule has 15 heavy (non-hydrogen) atoms. The Labute approximate surface area is 90.7 Å². The molecular formula is C10H20N2O3. The van der Waals surface area contributed by atoms with E-state index >= 15 is 0 Å². The van der Waals surface area contributed by atoms with Crippen LogP contribution in [0.2, 0.25) is 0 Å². The Kier molecular flexibility index (Phi) is 5.60. The zero-order valence-corrected chi connectivity index (χ0v) is 9.49. The molecule has 1 fully saturated rings. The quantitative estimate of drug-likeness (QED) is 0.494. The fourth-order valence-corrected chi connectivity index (χ4v) is 1.55. The highest BCUT2D eigenvalue weighted by molar-refractivity contribution is 5.69. The number of likely N-dealkylation sites (N-methyl/N-ethyl adjacent to an activating group) is 1. The first-order valence-corrected chi connectivity index (χ1v) is 5.30. The van der Waals surface area contributed by atoms with Gasteiger partial charge in [0.1, 0.15) is 0 Å². The van der Waals surface area contributed by atoms with E-state index in [9.17, 15) is 4.79 Å². The number of morpholine rings is 1. The lowest BCUT2D eigenvalue weighted by Crippen LogP contribution is -2.45. The fourth-order valence-electron chi connectivity index (χ4n) is 1.55. The lowest BCUT2D eigenvalue weighted by Gasteiger charge is -2.30. The van der Waals surface area contributed by atoms with Crippen LogP contribution in [-0.2, 0) is 14.3 Å². The second-order valence-electron chi connectivity index (χ2n) is 3.79. The lowest BCUT2D eigenvalue weighted by molar-refractivity contribution is -0.140. The molecule has 0 aromatic carbocycles. The minimum absolute atomic E-state index is 0.177. The number of carbonyl (C=O) groups is 1. The van der Waals surface area contributed by atoms with E-state index in [2.05, 4.69) is 22.0 Å². The van der Waals surface area contributed by atoms with Crippen LogP contribution >= 0.6 is 0 Å².